The van der Waals surface area contributed by atoms with Crippen molar-refractivity contribution in [1.29, 1.82) is 0 Å². The Labute approximate surface area is 238 Å². The maximum atomic E-state index is 13.8. The van der Waals surface area contributed by atoms with Gasteiger partial charge < -0.3 is 20.5 Å². The number of hydrogen-bond acceptors (Lipinski definition) is 7. The molecular weight excluding hydrogens is 528 g/mol. The van der Waals surface area contributed by atoms with Gasteiger partial charge in [0, 0.05) is 22.5 Å². The molecule has 10 heteroatoms. The summed E-state index contributed by atoms with van der Waals surface area (Å²) in [6, 6.07) is 18.5. The highest BCUT2D eigenvalue weighted by Crippen LogP contribution is 2.48. The lowest BCUT2D eigenvalue weighted by Gasteiger charge is -2.47. The minimum atomic E-state index is -1.57. The van der Waals surface area contributed by atoms with E-state index >= 15 is 0 Å². The van der Waals surface area contributed by atoms with Crippen LogP contribution < -0.4 is 15.4 Å². The minimum Gasteiger partial charge on any atom is -0.468 e. The largest absolute Gasteiger partial charge is 0.468 e. The van der Waals surface area contributed by atoms with Gasteiger partial charge in [-0.15, -0.1) is 0 Å². The molecule has 1 fully saturated rings. The monoisotopic (exact) mass is 564 g/mol. The molecule has 1 aliphatic rings. The van der Waals surface area contributed by atoms with Gasteiger partial charge in [-0.1, -0.05) is 86.8 Å². The number of carbonyl (C=O) groups is 3. The number of amides is 2. The molecule has 2 aromatic carbocycles. The number of hydrogen-bond donors (Lipinski definition) is 3. The average Bonchev–Trinajstić information content (AvgIpc) is 3.42. The summed E-state index contributed by atoms with van der Waals surface area (Å²) in [4.78, 5) is 43.6. The van der Waals surface area contributed by atoms with Crippen LogP contribution in [0.1, 0.15) is 70.4 Å². The highest BCUT2D eigenvalue weighted by molar-refractivity contribution is 7.07. The lowest BCUT2D eigenvalue weighted by Crippen LogP contribution is -2.62. The normalized spacial score (nSPS) is 16.1. The molecule has 2 atom stereocenters. The van der Waals surface area contributed by atoms with Crippen molar-refractivity contribution in [3.05, 3.63) is 66.2 Å². The lowest BCUT2D eigenvalue weighted by molar-refractivity contribution is -0.144. The quantitative estimate of drug-likeness (QED) is 0.211. The van der Waals surface area contributed by atoms with Gasteiger partial charge in [0.15, 0.2) is 5.82 Å². The van der Waals surface area contributed by atoms with E-state index in [1.54, 1.807) is 6.92 Å². The Hall–Kier alpha value is -3.79. The number of carboxylic acid groups (broad SMARTS) is 1. The van der Waals surface area contributed by atoms with E-state index in [1.165, 1.54) is 0 Å². The van der Waals surface area contributed by atoms with E-state index in [4.69, 9.17) is 4.74 Å². The molecule has 0 bridgehead atoms. The molecule has 4 rings (SSSR count). The molecule has 0 spiro atoms. The summed E-state index contributed by atoms with van der Waals surface area (Å²) in [6.07, 6.45) is 2.82. The van der Waals surface area contributed by atoms with Crippen LogP contribution in [0.3, 0.4) is 0 Å². The van der Waals surface area contributed by atoms with Gasteiger partial charge in [-0.2, -0.15) is 9.36 Å². The number of benzene rings is 2. The van der Waals surface area contributed by atoms with Crippen molar-refractivity contribution >= 4 is 29.3 Å². The van der Waals surface area contributed by atoms with Gasteiger partial charge in [-0.05, 0) is 38.2 Å². The first-order chi connectivity index (χ1) is 19.3. The van der Waals surface area contributed by atoms with E-state index in [1.807, 2.05) is 67.6 Å². The zero-order chi connectivity index (χ0) is 28.6. The first kappa shape index (κ1) is 29.2. The van der Waals surface area contributed by atoms with Crippen molar-refractivity contribution in [2.75, 3.05) is 6.61 Å². The van der Waals surface area contributed by atoms with Crippen LogP contribution in [0.4, 0.5) is 4.79 Å². The Kier molecular flexibility index (Phi) is 9.52. The molecule has 2 amide bonds. The molecule has 1 unspecified atom stereocenters. The molecule has 3 aromatic rings. The van der Waals surface area contributed by atoms with Gasteiger partial charge in [-0.25, -0.2) is 4.79 Å². The van der Waals surface area contributed by atoms with Crippen molar-refractivity contribution in [2.24, 2.45) is 5.41 Å². The van der Waals surface area contributed by atoms with Gasteiger partial charge in [0.2, 0.25) is 5.78 Å². The van der Waals surface area contributed by atoms with Gasteiger partial charge in [0.25, 0.3) is 11.1 Å². The molecule has 212 valence electrons. The van der Waals surface area contributed by atoms with Gasteiger partial charge >= 0.3 is 6.09 Å². The Bertz CT molecular complexity index is 1300. The number of unbranched alkanes of at least 4 members (excludes halogenated alkanes) is 1. The second-order valence-electron chi connectivity index (χ2n) is 10.6. The molecule has 1 aromatic heterocycles. The molecule has 40 heavy (non-hydrogen) atoms. The highest BCUT2D eigenvalue weighted by atomic mass is 32.1. The third kappa shape index (κ3) is 7.04. The summed E-state index contributed by atoms with van der Waals surface area (Å²) in [5.74, 6) is -0.986. The fraction of sp³-hybridized carbons (Fsp3) is 0.433. The van der Waals surface area contributed by atoms with Crippen molar-refractivity contribution in [2.45, 2.75) is 70.4 Å². The lowest BCUT2D eigenvalue weighted by atomic mass is 9.61. The van der Waals surface area contributed by atoms with Crippen LogP contribution in [0.25, 0.3) is 11.4 Å². The van der Waals surface area contributed by atoms with Crippen LogP contribution in [-0.4, -0.2) is 44.4 Å². The zero-order valence-electron chi connectivity index (χ0n) is 22.9. The van der Waals surface area contributed by atoms with E-state index in [-0.39, 0.29) is 19.4 Å². The average molecular weight is 565 g/mol. The number of rotatable bonds is 14. The summed E-state index contributed by atoms with van der Waals surface area (Å²) in [7, 11) is 0. The van der Waals surface area contributed by atoms with E-state index in [9.17, 15) is 19.5 Å². The van der Waals surface area contributed by atoms with Crippen LogP contribution in [-0.2, 0) is 9.59 Å². The van der Waals surface area contributed by atoms with E-state index in [2.05, 4.69) is 20.0 Å². The highest BCUT2D eigenvalue weighted by Gasteiger charge is 2.51. The van der Waals surface area contributed by atoms with Gasteiger partial charge in [-0.3, -0.25) is 9.59 Å². The summed E-state index contributed by atoms with van der Waals surface area (Å²) >= 11 is 1.15. The van der Waals surface area contributed by atoms with Crippen LogP contribution in [0, 0.1) is 5.41 Å². The van der Waals surface area contributed by atoms with Gasteiger partial charge in [0.1, 0.15) is 5.54 Å². The smallest absolute Gasteiger partial charge is 0.405 e. The van der Waals surface area contributed by atoms with Crippen molar-refractivity contribution in [3.8, 4) is 16.6 Å². The van der Waals surface area contributed by atoms with Gasteiger partial charge in [0.05, 0.1) is 12.6 Å². The van der Waals surface area contributed by atoms with Crippen LogP contribution in [0.5, 0.6) is 5.19 Å². The third-order valence-electron chi connectivity index (χ3n) is 7.62. The molecule has 1 saturated carbocycles. The summed E-state index contributed by atoms with van der Waals surface area (Å²) in [6.45, 7) is 4.02. The predicted molar refractivity (Wildman–Crippen MR) is 153 cm³/mol. The number of Topliss-reactive ketones (excluding diaryl/α,β-unsaturated/α-hetero) is 1. The molecular formula is C30H36N4O5S. The fourth-order valence-electron chi connectivity index (χ4n) is 5.31. The first-order valence-corrected chi connectivity index (χ1v) is 14.5. The molecule has 1 heterocycles. The Morgan fingerprint density at radius 1 is 1.10 bits per heavy atom. The molecule has 3 N–H and O–H groups in total. The van der Waals surface area contributed by atoms with Crippen molar-refractivity contribution < 1.29 is 24.2 Å². The summed E-state index contributed by atoms with van der Waals surface area (Å²) < 4.78 is 10.5. The summed E-state index contributed by atoms with van der Waals surface area (Å²) in [5, 5.41) is 15.5. The van der Waals surface area contributed by atoms with E-state index in [0.717, 1.165) is 48.3 Å². The van der Waals surface area contributed by atoms with Crippen LogP contribution >= 0.6 is 11.5 Å². The first-order valence-electron chi connectivity index (χ1n) is 13.7. The second-order valence-corrected chi connectivity index (χ2v) is 11.3. The van der Waals surface area contributed by atoms with E-state index in [0.29, 0.717) is 17.4 Å². The zero-order valence-corrected chi connectivity index (χ0v) is 23.7. The third-order valence-corrected chi connectivity index (χ3v) is 8.25. The molecule has 0 aliphatic heterocycles. The molecule has 1 aliphatic carbocycles. The predicted octanol–water partition coefficient (Wildman–Crippen LogP) is 5.79. The number of ether oxygens (including phenoxy) is 1. The maximum absolute atomic E-state index is 13.8. The number of nitrogens with one attached hydrogen (secondary N) is 2. The second kappa shape index (κ2) is 13.0. The number of carbonyl (C=O) groups excluding carboxylic acids is 2. The maximum Gasteiger partial charge on any atom is 0.405 e. The molecule has 9 nitrogen and oxygen atoms in total. The van der Waals surface area contributed by atoms with Crippen LogP contribution in [0.15, 0.2) is 60.7 Å². The number of aromatic nitrogens is 2. The summed E-state index contributed by atoms with van der Waals surface area (Å²) in [5.41, 5.74) is -0.305. The van der Waals surface area contributed by atoms with Crippen molar-refractivity contribution in [1.82, 2.24) is 20.0 Å². The topological polar surface area (TPSA) is 131 Å². The SMILES string of the molecule is CCCCC(CC1(COc2nc(-c3ccccc3)ns2)CCC1)(NC(=O)O)C(=O)C(=O)N[C@H](C)c1ccccc1. The number of ketones is 1. The molecule has 0 radical (unpaired) electrons. The Morgan fingerprint density at radius 2 is 1.77 bits per heavy atom. The fourth-order valence-corrected chi connectivity index (χ4v) is 5.86. The Balaban J connectivity index is 1.53. The standard InChI is InChI=1S/C30H36N4O5S/c1-3-4-18-30(33-27(37)38,24(35)26(36)31-21(2)22-12-7-5-8-13-22)19-29(16-11-17-29)20-39-28-32-25(34-40-28)23-14-9-6-10-15-23/h5-10,12-15,21,33H,3-4,11,16-20H2,1-2H3,(H,31,36)(H,37,38)/t21-,30?/m1/s1. The van der Waals surface area contributed by atoms with E-state index < -0.39 is 34.8 Å². The Morgan fingerprint density at radius 3 is 2.38 bits per heavy atom. The van der Waals surface area contributed by atoms with Crippen molar-refractivity contribution in [3.63, 3.8) is 0 Å². The minimum absolute atomic E-state index is 0.169. The number of nitrogens with zero attached hydrogens (tertiary/aromatic N) is 2. The molecule has 0 saturated heterocycles. The van der Waals surface area contributed by atoms with Crippen LogP contribution in [0.2, 0.25) is 0 Å².